The number of hydrogen-bond donors (Lipinski definition) is 0. The van der Waals surface area contributed by atoms with Gasteiger partial charge < -0.3 is 8.96 Å². The van der Waals surface area contributed by atoms with Crippen molar-refractivity contribution in [2.45, 2.75) is 27.7 Å². The quantitative estimate of drug-likeness (QED) is 0.673. The molecule has 0 amide bonds. The Hall–Kier alpha value is -1.64. The molecule has 0 aromatic carbocycles. The number of aromatic nitrogens is 2. The van der Waals surface area contributed by atoms with Crippen molar-refractivity contribution in [3.05, 3.63) is 59.2 Å². The van der Waals surface area contributed by atoms with Crippen LogP contribution in [0.5, 0.6) is 0 Å². The van der Waals surface area contributed by atoms with Crippen molar-refractivity contribution in [3.8, 4) is 0 Å². The Balaban J connectivity index is 2.25. The summed E-state index contributed by atoms with van der Waals surface area (Å²) in [6.07, 6.45) is 8.87. The Labute approximate surface area is 104 Å². The molecule has 3 heteroatoms. The second-order valence-corrected chi connectivity index (χ2v) is 5.15. The molecule has 0 saturated carbocycles. The minimum Gasteiger partial charge on any atom is -0.367 e. The zero-order chi connectivity index (χ0) is 12.4. The zero-order valence-corrected chi connectivity index (χ0v) is 11.4. The van der Waals surface area contributed by atoms with Crippen LogP contribution in [0.2, 0.25) is 0 Å². The Kier molecular flexibility index (Phi) is 3.27. The molecule has 2 aromatic rings. The highest BCUT2D eigenvalue weighted by Crippen LogP contribution is 2.01. The second-order valence-electron chi connectivity index (χ2n) is 5.15. The topological polar surface area (TPSA) is 7.76 Å². The third-order valence-electron chi connectivity index (χ3n) is 3.62. The van der Waals surface area contributed by atoms with E-state index in [2.05, 4.69) is 73.6 Å². The van der Waals surface area contributed by atoms with E-state index in [-0.39, 0.29) is 7.55 Å². The highest BCUT2D eigenvalue weighted by atomic mass is 15.0. The number of rotatable bonds is 2. The van der Waals surface area contributed by atoms with Gasteiger partial charge in [0.2, 0.25) is 0 Å². The summed E-state index contributed by atoms with van der Waals surface area (Å²) in [5.74, 6) is 0. The van der Waals surface area contributed by atoms with E-state index in [1.165, 1.54) is 22.3 Å². The average Bonchev–Trinajstić information content (AvgIpc) is 2.29. The van der Waals surface area contributed by atoms with Crippen molar-refractivity contribution in [2.75, 3.05) is 0 Å². The van der Waals surface area contributed by atoms with Crippen LogP contribution in [0.1, 0.15) is 22.3 Å². The van der Waals surface area contributed by atoms with E-state index in [0.717, 1.165) is 0 Å². The minimum absolute atomic E-state index is 0.342. The smallest absolute Gasteiger partial charge is 0.367 e. The third kappa shape index (κ3) is 2.73. The molecule has 0 N–H and O–H groups in total. The maximum absolute atomic E-state index is 2.33. The summed E-state index contributed by atoms with van der Waals surface area (Å²) in [6, 6.07) is 4.39. The Morgan fingerprint density at radius 1 is 0.706 bits per heavy atom. The first-order valence-electron chi connectivity index (χ1n) is 6.25. The van der Waals surface area contributed by atoms with Crippen molar-refractivity contribution in [3.63, 3.8) is 0 Å². The van der Waals surface area contributed by atoms with Crippen LogP contribution in [0, 0.1) is 27.7 Å². The van der Waals surface area contributed by atoms with Crippen LogP contribution in [0.25, 0.3) is 0 Å². The molecule has 0 unspecified atom stereocenters. The average molecular weight is 227 g/mol. The lowest BCUT2D eigenvalue weighted by atomic mass is 10.1. The van der Waals surface area contributed by atoms with Gasteiger partial charge in [-0.05, 0) is 38.8 Å². The van der Waals surface area contributed by atoms with Gasteiger partial charge in [0.1, 0.15) is 24.8 Å². The third-order valence-corrected chi connectivity index (χ3v) is 3.62. The van der Waals surface area contributed by atoms with Crippen molar-refractivity contribution in [1.29, 1.82) is 0 Å². The molecule has 0 aliphatic heterocycles. The first-order valence-corrected chi connectivity index (χ1v) is 6.25. The van der Waals surface area contributed by atoms with Gasteiger partial charge in [0, 0.05) is 23.3 Å². The van der Waals surface area contributed by atoms with Crippen LogP contribution in [-0.2, 0) is 0 Å². The normalized spacial score (nSPS) is 10.6. The molecule has 17 heavy (non-hydrogen) atoms. The lowest BCUT2D eigenvalue weighted by Crippen LogP contribution is -2.58. The molecular formula is C14H20BN2+. The predicted octanol–water partition coefficient (Wildman–Crippen LogP) is 0.890. The van der Waals surface area contributed by atoms with E-state index >= 15 is 0 Å². The van der Waals surface area contributed by atoms with Crippen LogP contribution in [0.4, 0.5) is 0 Å². The SMILES string of the molecule is Cc1cc[n+]([BH2-][n+]2ccc(C)c(C)c2)cc1C. The Morgan fingerprint density at radius 2 is 1.12 bits per heavy atom. The first kappa shape index (κ1) is 11.8. The highest BCUT2D eigenvalue weighted by Gasteiger charge is 2.06. The van der Waals surface area contributed by atoms with Crippen LogP contribution >= 0.6 is 0 Å². The van der Waals surface area contributed by atoms with E-state index in [4.69, 9.17) is 0 Å². The maximum atomic E-state index is 2.33. The summed E-state index contributed by atoms with van der Waals surface area (Å²) in [5, 5.41) is 0. The van der Waals surface area contributed by atoms with E-state index in [9.17, 15) is 0 Å². The summed E-state index contributed by atoms with van der Waals surface area (Å²) in [4.78, 5) is 0. The molecule has 2 nitrogen and oxygen atoms in total. The summed E-state index contributed by atoms with van der Waals surface area (Å²) in [5.41, 5.74) is 5.44. The Bertz CT molecular complexity index is 500. The van der Waals surface area contributed by atoms with Crippen LogP contribution in [0.3, 0.4) is 0 Å². The van der Waals surface area contributed by atoms with E-state index < -0.39 is 0 Å². The standard InChI is InChI=1S/C14H20BN2/c1-11-5-7-16(9-13(11)3)15-17-8-6-12(2)14(4)10-17/h5-10H,15H2,1-4H3/q+1. The van der Waals surface area contributed by atoms with Gasteiger partial charge in [-0.15, -0.1) is 0 Å². The van der Waals surface area contributed by atoms with Gasteiger partial charge in [-0.1, -0.05) is 0 Å². The molecule has 0 spiro atoms. The minimum atomic E-state index is -0.342. The predicted molar refractivity (Wildman–Crippen MR) is 71.6 cm³/mol. The summed E-state index contributed by atoms with van der Waals surface area (Å²) in [6.45, 7) is 8.65. The van der Waals surface area contributed by atoms with Crippen molar-refractivity contribution >= 4 is 7.55 Å². The van der Waals surface area contributed by atoms with Crippen molar-refractivity contribution in [2.24, 2.45) is 0 Å². The fourth-order valence-electron chi connectivity index (χ4n) is 2.14. The van der Waals surface area contributed by atoms with Gasteiger partial charge in [0.15, 0.2) is 0 Å². The molecule has 0 bridgehead atoms. The lowest BCUT2D eigenvalue weighted by molar-refractivity contribution is -0.660. The monoisotopic (exact) mass is 227 g/mol. The van der Waals surface area contributed by atoms with Gasteiger partial charge in [0.25, 0.3) is 0 Å². The van der Waals surface area contributed by atoms with Crippen LogP contribution in [0.15, 0.2) is 36.9 Å². The Morgan fingerprint density at radius 3 is 1.47 bits per heavy atom. The molecule has 88 valence electrons. The molecule has 0 aliphatic carbocycles. The lowest BCUT2D eigenvalue weighted by Gasteiger charge is -2.06. The largest absolute Gasteiger partial charge is 0.526 e. The molecule has 0 aliphatic rings. The molecule has 0 fully saturated rings. The van der Waals surface area contributed by atoms with Crippen molar-refractivity contribution in [1.82, 2.24) is 0 Å². The number of pyridine rings is 2. The van der Waals surface area contributed by atoms with Crippen LogP contribution in [-0.4, -0.2) is 7.55 Å². The maximum Gasteiger partial charge on any atom is 0.526 e. The van der Waals surface area contributed by atoms with Gasteiger partial charge in [-0.3, -0.25) is 0 Å². The molecule has 0 saturated heterocycles. The molecule has 0 radical (unpaired) electrons. The summed E-state index contributed by atoms with van der Waals surface area (Å²) >= 11 is 0. The summed E-state index contributed by atoms with van der Waals surface area (Å²) in [7, 11) is -0.342. The van der Waals surface area contributed by atoms with Gasteiger partial charge >= 0.3 is 7.55 Å². The van der Waals surface area contributed by atoms with Crippen LogP contribution < -0.4 is 8.96 Å². The first-order chi connectivity index (χ1) is 8.06. The van der Waals surface area contributed by atoms with Gasteiger partial charge in [-0.2, -0.15) is 0 Å². The highest BCUT2D eigenvalue weighted by molar-refractivity contribution is 6.11. The summed E-state index contributed by atoms with van der Waals surface area (Å²) < 4.78 is 4.66. The van der Waals surface area contributed by atoms with E-state index in [1.54, 1.807) is 0 Å². The molecule has 2 rings (SSSR count). The second kappa shape index (κ2) is 4.70. The zero-order valence-electron chi connectivity index (χ0n) is 11.4. The van der Waals surface area contributed by atoms with E-state index in [0.29, 0.717) is 0 Å². The number of nitrogens with zero attached hydrogens (tertiary/aromatic N) is 2. The number of hydrogen-bond acceptors (Lipinski definition) is 0. The fourth-order valence-corrected chi connectivity index (χ4v) is 2.14. The molecular weight excluding hydrogens is 207 g/mol. The fraction of sp³-hybridized carbons (Fsp3) is 0.286. The molecule has 0 atom stereocenters. The molecule has 2 heterocycles. The van der Waals surface area contributed by atoms with E-state index in [1.807, 2.05) is 0 Å². The number of aryl methyl sites for hydroxylation is 4. The van der Waals surface area contributed by atoms with Gasteiger partial charge in [-0.25, -0.2) is 0 Å². The van der Waals surface area contributed by atoms with Gasteiger partial charge in [0.05, 0.1) is 0 Å². The molecule has 2 aromatic heterocycles. The van der Waals surface area contributed by atoms with Crippen molar-refractivity contribution < 1.29 is 8.96 Å².